The van der Waals surface area contributed by atoms with E-state index in [1.807, 2.05) is 7.05 Å². The molecule has 1 aromatic carbocycles. The maximum atomic E-state index is 13.9. The first-order valence-corrected chi connectivity index (χ1v) is 13.8. The number of likely N-dealkylation sites (N-methyl/N-ethyl adjacent to an activating group) is 1. The Bertz CT molecular complexity index is 1300. The van der Waals surface area contributed by atoms with Crippen molar-refractivity contribution >= 4 is 29.0 Å². The summed E-state index contributed by atoms with van der Waals surface area (Å²) in [5.41, 5.74) is 3.76. The Labute approximate surface area is 232 Å². The number of nitrogens with zero attached hydrogens (tertiary/aromatic N) is 2. The average molecular weight is 556 g/mol. The van der Waals surface area contributed by atoms with Crippen molar-refractivity contribution in [3.05, 3.63) is 22.8 Å². The molecule has 4 aliphatic rings. The van der Waals surface area contributed by atoms with E-state index in [1.165, 1.54) is 30.9 Å². The van der Waals surface area contributed by atoms with Gasteiger partial charge in [-0.1, -0.05) is 12.8 Å². The van der Waals surface area contributed by atoms with Gasteiger partial charge in [-0.15, -0.1) is 0 Å². The summed E-state index contributed by atoms with van der Waals surface area (Å²) in [4.78, 5) is 70.2. The average Bonchev–Trinajstić information content (AvgIpc) is 3.41. The molecule has 6 atom stereocenters. The van der Waals surface area contributed by atoms with Crippen molar-refractivity contribution in [2.24, 2.45) is 29.4 Å². The summed E-state index contributed by atoms with van der Waals surface area (Å²) in [5.74, 6) is -10.1. The second-order valence-electron chi connectivity index (χ2n) is 12.1. The van der Waals surface area contributed by atoms with Gasteiger partial charge in [0.05, 0.1) is 24.6 Å². The predicted molar refractivity (Wildman–Crippen MR) is 142 cm³/mol. The minimum atomic E-state index is -2.74. The molecule has 40 heavy (non-hydrogen) atoms. The molecule has 0 saturated heterocycles. The Morgan fingerprint density at radius 2 is 1.77 bits per heavy atom. The van der Waals surface area contributed by atoms with E-state index in [1.54, 1.807) is 14.1 Å². The third-order valence-corrected chi connectivity index (χ3v) is 9.66. The number of phenols is 1. The largest absolute Gasteiger partial charge is 0.507 e. The molecule has 11 heteroatoms. The topological polar surface area (TPSA) is 168 Å². The summed E-state index contributed by atoms with van der Waals surface area (Å²) < 4.78 is 5.79. The van der Waals surface area contributed by atoms with Crippen LogP contribution in [0.1, 0.15) is 53.6 Å². The second kappa shape index (κ2) is 10.0. The number of Topliss-reactive ketones (excluding diaryl/α,β-unsaturated/α-hetero) is 4. The zero-order valence-corrected chi connectivity index (χ0v) is 23.3. The number of primary amides is 1. The van der Waals surface area contributed by atoms with Crippen molar-refractivity contribution in [2.45, 2.75) is 62.8 Å². The number of hydrogen-bond donors (Lipinski definition) is 3. The Balaban J connectivity index is 1.58. The fraction of sp³-hybridized carbons (Fsp3) is 0.621. The lowest BCUT2D eigenvalue weighted by atomic mass is 9.52. The lowest BCUT2D eigenvalue weighted by Gasteiger charge is -2.52. The molecule has 4 N–H and O–H groups in total. The van der Waals surface area contributed by atoms with Crippen LogP contribution < -0.4 is 10.5 Å². The summed E-state index contributed by atoms with van der Waals surface area (Å²) in [5, 5.41) is 22.7. The highest BCUT2D eigenvalue weighted by atomic mass is 16.5. The van der Waals surface area contributed by atoms with E-state index in [0.29, 0.717) is 23.9 Å². The van der Waals surface area contributed by atoms with Crippen LogP contribution in [-0.2, 0) is 32.1 Å². The molecule has 0 radical (unpaired) electrons. The van der Waals surface area contributed by atoms with Gasteiger partial charge in [0.25, 0.3) is 0 Å². The number of ketones is 4. The number of benzene rings is 1. The van der Waals surface area contributed by atoms with E-state index >= 15 is 0 Å². The Kier molecular flexibility index (Phi) is 7.12. The molecule has 3 saturated carbocycles. The van der Waals surface area contributed by atoms with Gasteiger partial charge in [0, 0.05) is 29.6 Å². The van der Waals surface area contributed by atoms with Crippen molar-refractivity contribution in [2.75, 3.05) is 28.3 Å². The summed E-state index contributed by atoms with van der Waals surface area (Å²) in [6, 6.07) is 0.765. The molecule has 11 nitrogen and oxygen atoms in total. The van der Waals surface area contributed by atoms with Gasteiger partial charge >= 0.3 is 0 Å². The highest BCUT2D eigenvalue weighted by Gasteiger charge is 2.69. The number of amides is 1. The number of phenolic OH excluding ortho intramolecular Hbond substituents is 1. The summed E-state index contributed by atoms with van der Waals surface area (Å²) in [7, 11) is 6.63. The van der Waals surface area contributed by atoms with Crippen LogP contribution in [0, 0.1) is 23.7 Å². The number of ether oxygens (including phenoxy) is 1. The van der Waals surface area contributed by atoms with Crippen LogP contribution in [0.3, 0.4) is 0 Å². The van der Waals surface area contributed by atoms with E-state index in [9.17, 15) is 34.2 Å². The minimum Gasteiger partial charge on any atom is -0.507 e. The molecule has 1 amide bonds. The number of aliphatic hydroxyl groups is 1. The normalized spacial score (nSPS) is 32.3. The monoisotopic (exact) mass is 555 g/mol. The van der Waals surface area contributed by atoms with Crippen LogP contribution in [0.25, 0.3) is 0 Å². The number of aromatic hydroxyl groups is 1. The van der Waals surface area contributed by atoms with E-state index < -0.39 is 64.4 Å². The van der Waals surface area contributed by atoms with Crippen LogP contribution in [0.15, 0.2) is 6.07 Å². The summed E-state index contributed by atoms with van der Waals surface area (Å²) in [6.07, 6.45) is 4.68. The first-order chi connectivity index (χ1) is 18.8. The number of carbonyl (C=O) groups excluding carboxylic acids is 5. The van der Waals surface area contributed by atoms with Crippen LogP contribution >= 0.6 is 0 Å². The lowest BCUT2D eigenvalue weighted by molar-refractivity contribution is -0.181. The molecule has 3 fully saturated rings. The molecule has 0 aliphatic heterocycles. The molecule has 0 heterocycles. The molecule has 0 aromatic heterocycles. The zero-order valence-electron chi connectivity index (χ0n) is 23.3. The van der Waals surface area contributed by atoms with Gasteiger partial charge in [-0.2, -0.15) is 0 Å². The summed E-state index contributed by atoms with van der Waals surface area (Å²) in [6.45, 7) is 0.498. The van der Waals surface area contributed by atoms with Crippen molar-refractivity contribution in [1.82, 2.24) is 9.80 Å². The molecule has 2 unspecified atom stereocenters. The van der Waals surface area contributed by atoms with Gasteiger partial charge in [-0.3, -0.25) is 33.8 Å². The van der Waals surface area contributed by atoms with Crippen LogP contribution in [-0.4, -0.2) is 95.0 Å². The highest BCUT2D eigenvalue weighted by molar-refractivity contribution is 6.32. The molecule has 1 aromatic rings. The van der Waals surface area contributed by atoms with Crippen LogP contribution in [0.5, 0.6) is 11.5 Å². The number of fused-ring (bicyclic) bond motifs is 3. The lowest BCUT2D eigenvalue weighted by Crippen LogP contribution is -2.74. The number of carbonyl (C=O) groups is 5. The first kappa shape index (κ1) is 28.4. The second-order valence-corrected chi connectivity index (χ2v) is 12.1. The fourth-order valence-electron chi connectivity index (χ4n) is 7.83. The van der Waals surface area contributed by atoms with Gasteiger partial charge in [0.15, 0.2) is 34.7 Å². The van der Waals surface area contributed by atoms with Gasteiger partial charge in [-0.05, 0) is 58.8 Å². The molecule has 0 bridgehead atoms. The van der Waals surface area contributed by atoms with Gasteiger partial charge in [-0.25, -0.2) is 0 Å². The maximum Gasteiger partial charge on any atom is 0.235 e. The van der Waals surface area contributed by atoms with Gasteiger partial charge in [0.2, 0.25) is 5.91 Å². The number of nitrogens with two attached hydrogens (primary N) is 1. The number of rotatable bonds is 6. The van der Waals surface area contributed by atoms with Crippen LogP contribution in [0.4, 0.5) is 0 Å². The smallest absolute Gasteiger partial charge is 0.235 e. The standard InChI is InChI=1S/C29H37N3O8/c1-31(2)22-17-10-13-9-16-20(18(33)11-14(25(16)40-4)12-32(3)15-7-5-6-8-15)23(34)19(13)26(36)29(17,39)27(37)21(24(22)35)28(30)38/h11,13,15,17,19,21-22,33,39H,5-10,12H2,1-4H3,(H2,30,38)/t13-,17-,19?,21?,22-,29-/m0/s1. The van der Waals surface area contributed by atoms with Crippen molar-refractivity contribution in [1.29, 1.82) is 0 Å². The molecular formula is C29H37N3O8. The van der Waals surface area contributed by atoms with Crippen LogP contribution in [0.2, 0.25) is 0 Å². The number of methoxy groups -OCH3 is 1. The SMILES string of the molecule is COc1c(CN(C)C2CCCC2)cc(O)c2c1C[C@H]1C[C@H]3[C@H](N(C)C)C(=O)C(C(N)=O)C(=O)[C@@]3(O)C(=O)C1C2=O. The van der Waals surface area contributed by atoms with Crippen molar-refractivity contribution in [3.8, 4) is 11.5 Å². The third kappa shape index (κ3) is 4.01. The van der Waals surface area contributed by atoms with E-state index in [0.717, 1.165) is 18.4 Å². The maximum absolute atomic E-state index is 13.9. The zero-order chi connectivity index (χ0) is 29.3. The molecular weight excluding hydrogens is 518 g/mol. The Morgan fingerprint density at radius 3 is 2.35 bits per heavy atom. The van der Waals surface area contributed by atoms with E-state index in [4.69, 9.17) is 10.5 Å². The van der Waals surface area contributed by atoms with E-state index in [2.05, 4.69) is 4.90 Å². The Morgan fingerprint density at radius 1 is 1.12 bits per heavy atom. The third-order valence-electron chi connectivity index (χ3n) is 9.66. The quantitative estimate of drug-likeness (QED) is 0.414. The molecule has 4 aliphatic carbocycles. The summed E-state index contributed by atoms with van der Waals surface area (Å²) >= 11 is 0. The number of hydrogen-bond acceptors (Lipinski definition) is 10. The predicted octanol–water partition coefficient (Wildman–Crippen LogP) is 0.250. The molecule has 216 valence electrons. The van der Waals surface area contributed by atoms with Crippen molar-refractivity contribution in [3.63, 3.8) is 0 Å². The molecule has 5 rings (SSSR count). The Hall–Kier alpha value is -3.15. The first-order valence-electron chi connectivity index (χ1n) is 13.8. The van der Waals surface area contributed by atoms with Gasteiger partial charge in [0.1, 0.15) is 11.5 Å². The highest BCUT2D eigenvalue weighted by Crippen LogP contribution is 2.52. The van der Waals surface area contributed by atoms with Crippen molar-refractivity contribution < 1.29 is 38.9 Å². The fourth-order valence-corrected chi connectivity index (χ4v) is 7.83. The molecule has 0 spiro atoms. The van der Waals surface area contributed by atoms with E-state index in [-0.39, 0.29) is 24.2 Å². The minimum absolute atomic E-state index is 0.0000158. The van der Waals surface area contributed by atoms with Gasteiger partial charge < -0.3 is 20.7 Å².